The molecule has 0 atom stereocenters. The van der Waals surface area contributed by atoms with Crippen LogP contribution in [0.15, 0.2) is 0 Å². The smallest absolute Gasteiger partial charge is 0.221 e. The molecule has 0 aromatic heterocycles. The summed E-state index contributed by atoms with van der Waals surface area (Å²) in [6, 6.07) is 0.231. The molecule has 5 heteroatoms. The third-order valence-electron chi connectivity index (χ3n) is 3.83. The van der Waals surface area contributed by atoms with E-state index in [0.29, 0.717) is 13.0 Å². The normalized spacial score (nSPS) is 18.8. The van der Waals surface area contributed by atoms with Crippen LogP contribution in [0.2, 0.25) is 0 Å². The Kier molecular flexibility index (Phi) is 6.23. The summed E-state index contributed by atoms with van der Waals surface area (Å²) in [5, 5.41) is 2.93. The van der Waals surface area contributed by atoms with E-state index in [0.717, 1.165) is 32.7 Å². The summed E-state index contributed by atoms with van der Waals surface area (Å²) in [6.07, 6.45) is 0.596. The number of nitrogens with two attached hydrogens (primary N) is 1. The molecule has 0 saturated carbocycles. The molecule has 0 bridgehead atoms. The van der Waals surface area contributed by atoms with Gasteiger partial charge in [0.05, 0.1) is 0 Å². The average molecular weight is 270 g/mol. The first-order valence-corrected chi connectivity index (χ1v) is 7.32. The van der Waals surface area contributed by atoms with Crippen molar-refractivity contribution in [2.45, 2.75) is 45.7 Å². The summed E-state index contributed by atoms with van der Waals surface area (Å²) in [5.41, 5.74) is 5.89. The molecule has 3 N–H and O–H groups in total. The second kappa shape index (κ2) is 7.22. The van der Waals surface area contributed by atoms with Crippen LogP contribution in [0.5, 0.6) is 0 Å². The highest BCUT2D eigenvalue weighted by Crippen LogP contribution is 2.15. The van der Waals surface area contributed by atoms with Crippen molar-refractivity contribution < 1.29 is 4.79 Å². The van der Waals surface area contributed by atoms with Gasteiger partial charge in [-0.15, -0.1) is 0 Å². The molecule has 5 nitrogen and oxygen atoms in total. The molecule has 0 aromatic carbocycles. The average Bonchev–Trinajstić information content (AvgIpc) is 2.36. The number of carbonyl (C=O) groups is 1. The maximum atomic E-state index is 11.6. The first kappa shape index (κ1) is 16.4. The van der Waals surface area contributed by atoms with E-state index >= 15 is 0 Å². The van der Waals surface area contributed by atoms with Gasteiger partial charge in [-0.3, -0.25) is 9.69 Å². The Morgan fingerprint density at radius 2 is 1.84 bits per heavy atom. The van der Waals surface area contributed by atoms with Crippen LogP contribution in [0.1, 0.15) is 34.1 Å². The molecule has 0 unspecified atom stereocenters. The van der Waals surface area contributed by atoms with Gasteiger partial charge in [0.25, 0.3) is 0 Å². The molecule has 1 saturated heterocycles. The van der Waals surface area contributed by atoms with E-state index < -0.39 is 0 Å². The van der Waals surface area contributed by atoms with Gasteiger partial charge in [0, 0.05) is 57.3 Å². The standard InChI is InChI=1S/C14H30N4O/c1-12(2)16-13(19)5-6-17-7-9-18(10-8-17)14(3,4)11-15/h12H,5-11,15H2,1-4H3,(H,16,19). The number of rotatable bonds is 6. The van der Waals surface area contributed by atoms with E-state index in [1.54, 1.807) is 0 Å². The van der Waals surface area contributed by atoms with Crippen molar-refractivity contribution in [3.05, 3.63) is 0 Å². The lowest BCUT2D eigenvalue weighted by atomic mass is 10.0. The van der Waals surface area contributed by atoms with Gasteiger partial charge in [-0.2, -0.15) is 0 Å². The van der Waals surface area contributed by atoms with Crippen molar-refractivity contribution in [2.24, 2.45) is 5.73 Å². The SMILES string of the molecule is CC(C)NC(=O)CCN1CCN(C(C)(C)CN)CC1. The van der Waals surface area contributed by atoms with E-state index in [9.17, 15) is 4.79 Å². The molecule has 0 aromatic rings. The molecule has 112 valence electrons. The van der Waals surface area contributed by atoms with Crippen LogP contribution < -0.4 is 11.1 Å². The molecule has 1 amide bonds. The quantitative estimate of drug-likeness (QED) is 0.726. The lowest BCUT2D eigenvalue weighted by molar-refractivity contribution is -0.122. The predicted molar refractivity (Wildman–Crippen MR) is 79.0 cm³/mol. The fraction of sp³-hybridized carbons (Fsp3) is 0.929. The molecule has 1 aliphatic heterocycles. The van der Waals surface area contributed by atoms with E-state index in [-0.39, 0.29) is 17.5 Å². The van der Waals surface area contributed by atoms with Gasteiger partial charge >= 0.3 is 0 Å². The van der Waals surface area contributed by atoms with Crippen LogP contribution >= 0.6 is 0 Å². The zero-order valence-corrected chi connectivity index (χ0v) is 12.9. The van der Waals surface area contributed by atoms with Crippen LogP contribution in [0.25, 0.3) is 0 Å². The first-order valence-electron chi connectivity index (χ1n) is 7.32. The molecule has 1 rings (SSSR count). The fourth-order valence-corrected chi connectivity index (χ4v) is 2.36. The minimum Gasteiger partial charge on any atom is -0.354 e. The van der Waals surface area contributed by atoms with Crippen LogP contribution in [0.4, 0.5) is 0 Å². The first-order chi connectivity index (χ1) is 8.85. The van der Waals surface area contributed by atoms with Gasteiger partial charge in [-0.1, -0.05) is 0 Å². The van der Waals surface area contributed by atoms with Crippen molar-refractivity contribution in [1.29, 1.82) is 0 Å². The summed E-state index contributed by atoms with van der Waals surface area (Å²) in [5.74, 6) is 0.153. The Morgan fingerprint density at radius 3 is 2.32 bits per heavy atom. The minimum atomic E-state index is 0.0844. The molecule has 0 spiro atoms. The Hall–Kier alpha value is -0.650. The highest BCUT2D eigenvalue weighted by atomic mass is 16.1. The van der Waals surface area contributed by atoms with Gasteiger partial charge in [-0.05, 0) is 27.7 Å². The van der Waals surface area contributed by atoms with Crippen LogP contribution in [-0.2, 0) is 4.79 Å². The van der Waals surface area contributed by atoms with E-state index in [4.69, 9.17) is 5.73 Å². The monoisotopic (exact) mass is 270 g/mol. The second-order valence-electron chi connectivity index (χ2n) is 6.32. The Morgan fingerprint density at radius 1 is 1.26 bits per heavy atom. The van der Waals surface area contributed by atoms with Gasteiger partial charge in [0.15, 0.2) is 0 Å². The largest absolute Gasteiger partial charge is 0.354 e. The Bertz CT molecular complexity index is 283. The van der Waals surface area contributed by atoms with Crippen molar-refractivity contribution in [3.8, 4) is 0 Å². The lowest BCUT2D eigenvalue weighted by Gasteiger charge is -2.43. The number of hydrogen-bond donors (Lipinski definition) is 2. The molecular formula is C14H30N4O. The maximum absolute atomic E-state index is 11.6. The number of amides is 1. The Labute approximate surface area is 117 Å². The highest BCUT2D eigenvalue weighted by Gasteiger charge is 2.28. The van der Waals surface area contributed by atoms with Crippen LogP contribution in [0.3, 0.4) is 0 Å². The van der Waals surface area contributed by atoms with Gasteiger partial charge in [0.1, 0.15) is 0 Å². The van der Waals surface area contributed by atoms with E-state index in [1.165, 1.54) is 0 Å². The zero-order chi connectivity index (χ0) is 14.5. The molecule has 1 aliphatic rings. The van der Waals surface area contributed by atoms with Gasteiger partial charge in [-0.25, -0.2) is 0 Å². The molecule has 1 heterocycles. The maximum Gasteiger partial charge on any atom is 0.221 e. The second-order valence-corrected chi connectivity index (χ2v) is 6.32. The third kappa shape index (κ3) is 5.47. The predicted octanol–water partition coefficient (Wildman–Crippen LogP) is 0.256. The van der Waals surface area contributed by atoms with Crippen molar-refractivity contribution in [1.82, 2.24) is 15.1 Å². The number of piperazine rings is 1. The molecule has 19 heavy (non-hydrogen) atoms. The molecule has 0 aliphatic carbocycles. The van der Waals surface area contributed by atoms with Gasteiger partial charge < -0.3 is 16.0 Å². The minimum absolute atomic E-state index is 0.0844. The number of nitrogens with zero attached hydrogens (tertiary/aromatic N) is 2. The summed E-state index contributed by atoms with van der Waals surface area (Å²) in [6.45, 7) is 14.0. The number of nitrogens with one attached hydrogen (secondary N) is 1. The van der Waals surface area contributed by atoms with Crippen molar-refractivity contribution in [3.63, 3.8) is 0 Å². The van der Waals surface area contributed by atoms with Crippen molar-refractivity contribution in [2.75, 3.05) is 39.3 Å². The summed E-state index contributed by atoms with van der Waals surface area (Å²) in [7, 11) is 0. The molecular weight excluding hydrogens is 240 g/mol. The number of carbonyl (C=O) groups excluding carboxylic acids is 1. The van der Waals surface area contributed by atoms with Gasteiger partial charge in [0.2, 0.25) is 5.91 Å². The summed E-state index contributed by atoms with van der Waals surface area (Å²) < 4.78 is 0. The van der Waals surface area contributed by atoms with E-state index in [2.05, 4.69) is 29.0 Å². The Balaban J connectivity index is 2.25. The summed E-state index contributed by atoms with van der Waals surface area (Å²) >= 11 is 0. The highest BCUT2D eigenvalue weighted by molar-refractivity contribution is 5.76. The lowest BCUT2D eigenvalue weighted by Crippen LogP contribution is -2.57. The van der Waals surface area contributed by atoms with E-state index in [1.807, 2.05) is 13.8 Å². The number of hydrogen-bond acceptors (Lipinski definition) is 4. The topological polar surface area (TPSA) is 61.6 Å². The van der Waals surface area contributed by atoms with Crippen LogP contribution in [0, 0.1) is 0 Å². The fourth-order valence-electron chi connectivity index (χ4n) is 2.36. The van der Waals surface area contributed by atoms with Crippen molar-refractivity contribution >= 4 is 5.91 Å². The summed E-state index contributed by atoms with van der Waals surface area (Å²) in [4.78, 5) is 16.4. The molecule has 1 fully saturated rings. The van der Waals surface area contributed by atoms with Crippen LogP contribution in [-0.4, -0.2) is 66.6 Å². The third-order valence-corrected chi connectivity index (χ3v) is 3.83. The zero-order valence-electron chi connectivity index (χ0n) is 12.9. The molecule has 0 radical (unpaired) electrons.